The van der Waals surface area contributed by atoms with Crippen LogP contribution in [-0.4, -0.2) is 39.3 Å². The third kappa shape index (κ3) is 2.67. The molecule has 100 valence electrons. The summed E-state index contributed by atoms with van der Waals surface area (Å²) in [5.74, 6) is 2.50. The van der Waals surface area contributed by atoms with Crippen LogP contribution in [0.25, 0.3) is 0 Å². The molecule has 2 heterocycles. The van der Waals surface area contributed by atoms with Crippen LogP contribution in [0.4, 0.5) is 0 Å². The maximum atomic E-state index is 5.35. The smallest absolute Gasteiger partial charge is 0.195 e. The molecular weight excluding hydrogens is 244 g/mol. The zero-order valence-corrected chi connectivity index (χ0v) is 11.9. The Kier molecular flexibility index (Phi) is 3.52. The summed E-state index contributed by atoms with van der Waals surface area (Å²) in [7, 11) is 0. The standard InChI is InChI=1S/C13H22N4S/c1-10(8-16-6-2-3-7-16)9-17-12(11-4-5-11)14-15-13(17)18/h10-11H,2-9H2,1H3,(H,15,18). The second kappa shape index (κ2) is 5.13. The van der Waals surface area contributed by atoms with Crippen LogP contribution in [0.3, 0.4) is 0 Å². The number of hydrogen-bond acceptors (Lipinski definition) is 3. The largest absolute Gasteiger partial charge is 0.304 e. The summed E-state index contributed by atoms with van der Waals surface area (Å²) in [6, 6.07) is 0. The Morgan fingerprint density at radius 2 is 2.06 bits per heavy atom. The molecule has 1 saturated heterocycles. The van der Waals surface area contributed by atoms with Gasteiger partial charge in [0.2, 0.25) is 0 Å². The van der Waals surface area contributed by atoms with Gasteiger partial charge >= 0.3 is 0 Å². The van der Waals surface area contributed by atoms with Crippen molar-refractivity contribution in [2.45, 2.75) is 45.1 Å². The van der Waals surface area contributed by atoms with Crippen LogP contribution in [-0.2, 0) is 6.54 Å². The molecule has 4 nitrogen and oxygen atoms in total. The minimum atomic E-state index is 0.643. The van der Waals surface area contributed by atoms with Crippen LogP contribution in [0.2, 0.25) is 0 Å². The highest BCUT2D eigenvalue weighted by molar-refractivity contribution is 7.71. The van der Waals surface area contributed by atoms with Crippen LogP contribution >= 0.6 is 12.2 Å². The van der Waals surface area contributed by atoms with E-state index in [4.69, 9.17) is 12.2 Å². The summed E-state index contributed by atoms with van der Waals surface area (Å²) in [6.07, 6.45) is 5.29. The van der Waals surface area contributed by atoms with Gasteiger partial charge in [0.05, 0.1) is 0 Å². The van der Waals surface area contributed by atoms with Crippen molar-refractivity contribution < 1.29 is 0 Å². The van der Waals surface area contributed by atoms with Crippen molar-refractivity contribution in [1.82, 2.24) is 19.7 Å². The summed E-state index contributed by atoms with van der Waals surface area (Å²) in [5.41, 5.74) is 0. The average molecular weight is 266 g/mol. The van der Waals surface area contributed by atoms with Gasteiger partial charge in [0.15, 0.2) is 4.77 Å². The first-order chi connectivity index (χ1) is 8.74. The SMILES string of the molecule is CC(CN1CCCC1)Cn1c(C2CC2)n[nH]c1=S. The van der Waals surface area contributed by atoms with Crippen LogP contribution in [0.1, 0.15) is 44.3 Å². The Hall–Kier alpha value is -0.680. The number of hydrogen-bond donors (Lipinski definition) is 1. The van der Waals surface area contributed by atoms with Gasteiger partial charge < -0.3 is 9.47 Å². The molecular formula is C13H22N4S. The summed E-state index contributed by atoms with van der Waals surface area (Å²) in [6.45, 7) is 7.08. The molecule has 2 aliphatic rings. The van der Waals surface area contributed by atoms with E-state index >= 15 is 0 Å². The van der Waals surface area contributed by atoms with Crippen LogP contribution in [0.15, 0.2) is 0 Å². The van der Waals surface area contributed by atoms with E-state index in [2.05, 4.69) is 26.6 Å². The van der Waals surface area contributed by atoms with E-state index in [1.54, 1.807) is 0 Å². The molecule has 1 N–H and O–H groups in total. The normalized spacial score (nSPS) is 22.5. The van der Waals surface area contributed by atoms with Gasteiger partial charge in [0.1, 0.15) is 5.82 Å². The van der Waals surface area contributed by atoms with E-state index in [1.807, 2.05) is 0 Å². The number of aromatic amines is 1. The summed E-state index contributed by atoms with van der Waals surface area (Å²) in [5, 5.41) is 7.35. The molecule has 1 atom stereocenters. The van der Waals surface area contributed by atoms with Gasteiger partial charge in [0, 0.05) is 19.0 Å². The highest BCUT2D eigenvalue weighted by atomic mass is 32.1. The van der Waals surface area contributed by atoms with E-state index in [-0.39, 0.29) is 0 Å². The van der Waals surface area contributed by atoms with E-state index in [0.717, 1.165) is 11.3 Å². The van der Waals surface area contributed by atoms with Crippen molar-refractivity contribution >= 4 is 12.2 Å². The fraction of sp³-hybridized carbons (Fsp3) is 0.846. The second-order valence-electron chi connectivity index (χ2n) is 5.88. The lowest BCUT2D eigenvalue weighted by Crippen LogP contribution is -2.28. The fourth-order valence-electron chi connectivity index (χ4n) is 2.93. The van der Waals surface area contributed by atoms with Gasteiger partial charge in [-0.1, -0.05) is 6.92 Å². The Morgan fingerprint density at radius 3 is 2.72 bits per heavy atom. The molecule has 1 aromatic heterocycles. The van der Waals surface area contributed by atoms with E-state index < -0.39 is 0 Å². The zero-order chi connectivity index (χ0) is 12.5. The molecule has 0 bridgehead atoms. The summed E-state index contributed by atoms with van der Waals surface area (Å²) in [4.78, 5) is 2.57. The molecule has 0 amide bonds. The predicted octanol–water partition coefficient (Wildman–Crippen LogP) is 2.55. The molecule has 18 heavy (non-hydrogen) atoms. The molecule has 0 aromatic carbocycles. The molecule has 5 heteroatoms. The minimum Gasteiger partial charge on any atom is -0.304 e. The summed E-state index contributed by atoms with van der Waals surface area (Å²) < 4.78 is 3.03. The average Bonchev–Trinajstić information content (AvgIpc) is 2.95. The van der Waals surface area contributed by atoms with Gasteiger partial charge in [-0.3, -0.25) is 5.10 Å². The molecule has 3 rings (SSSR count). The number of rotatable bonds is 5. The van der Waals surface area contributed by atoms with Gasteiger partial charge in [0.25, 0.3) is 0 Å². The highest BCUT2D eigenvalue weighted by Crippen LogP contribution is 2.39. The van der Waals surface area contributed by atoms with Crippen LogP contribution < -0.4 is 0 Å². The first-order valence-corrected chi connectivity index (χ1v) is 7.52. The fourth-order valence-corrected chi connectivity index (χ4v) is 3.15. The van der Waals surface area contributed by atoms with Gasteiger partial charge in [-0.15, -0.1) is 0 Å². The van der Waals surface area contributed by atoms with Crippen LogP contribution in [0.5, 0.6) is 0 Å². The maximum absolute atomic E-state index is 5.35. The van der Waals surface area contributed by atoms with Gasteiger partial charge in [-0.25, -0.2) is 0 Å². The molecule has 1 aliphatic carbocycles. The van der Waals surface area contributed by atoms with Crippen molar-refractivity contribution in [2.75, 3.05) is 19.6 Å². The maximum Gasteiger partial charge on any atom is 0.195 e. The van der Waals surface area contributed by atoms with Crippen molar-refractivity contribution in [3.8, 4) is 0 Å². The highest BCUT2D eigenvalue weighted by Gasteiger charge is 2.29. The third-order valence-corrected chi connectivity index (χ3v) is 4.30. The number of aromatic nitrogens is 3. The van der Waals surface area contributed by atoms with Crippen molar-refractivity contribution in [1.29, 1.82) is 0 Å². The molecule has 1 saturated carbocycles. The van der Waals surface area contributed by atoms with Crippen LogP contribution in [0, 0.1) is 10.7 Å². The molecule has 1 unspecified atom stereocenters. The lowest BCUT2D eigenvalue weighted by Gasteiger charge is -2.21. The second-order valence-corrected chi connectivity index (χ2v) is 6.27. The number of H-pyrrole nitrogens is 1. The lowest BCUT2D eigenvalue weighted by molar-refractivity contribution is 0.270. The van der Waals surface area contributed by atoms with Crippen molar-refractivity contribution in [3.63, 3.8) is 0 Å². The number of nitrogens with zero attached hydrogens (tertiary/aromatic N) is 3. The quantitative estimate of drug-likeness (QED) is 0.832. The van der Waals surface area contributed by atoms with E-state index in [9.17, 15) is 0 Å². The minimum absolute atomic E-state index is 0.643. The van der Waals surface area contributed by atoms with Gasteiger partial charge in [-0.2, -0.15) is 5.10 Å². The summed E-state index contributed by atoms with van der Waals surface area (Å²) >= 11 is 5.35. The lowest BCUT2D eigenvalue weighted by atomic mass is 10.1. The Morgan fingerprint density at radius 1 is 1.33 bits per heavy atom. The number of likely N-dealkylation sites (tertiary alicyclic amines) is 1. The van der Waals surface area contributed by atoms with Crippen molar-refractivity contribution in [2.24, 2.45) is 5.92 Å². The topological polar surface area (TPSA) is 36.9 Å². The molecule has 1 aliphatic heterocycles. The molecule has 1 aromatic rings. The zero-order valence-electron chi connectivity index (χ0n) is 11.1. The Labute approximate surface area is 113 Å². The van der Waals surface area contributed by atoms with E-state index in [0.29, 0.717) is 11.8 Å². The molecule has 0 spiro atoms. The molecule has 0 radical (unpaired) electrons. The Bertz CT molecular complexity index is 454. The Balaban J connectivity index is 1.64. The molecule has 2 fully saturated rings. The predicted molar refractivity (Wildman–Crippen MR) is 74.2 cm³/mol. The van der Waals surface area contributed by atoms with Gasteiger partial charge in [-0.05, 0) is 56.9 Å². The van der Waals surface area contributed by atoms with Crippen molar-refractivity contribution in [3.05, 3.63) is 10.6 Å². The first kappa shape index (κ1) is 12.4. The van der Waals surface area contributed by atoms with E-state index in [1.165, 1.54) is 51.1 Å². The first-order valence-electron chi connectivity index (χ1n) is 7.11. The number of nitrogens with one attached hydrogen (secondary N) is 1. The monoisotopic (exact) mass is 266 g/mol. The third-order valence-electron chi connectivity index (χ3n) is 3.99.